The van der Waals surface area contributed by atoms with E-state index in [4.69, 9.17) is 9.84 Å². The quantitative estimate of drug-likeness (QED) is 0.290. The molecule has 198 valence electrons. The summed E-state index contributed by atoms with van der Waals surface area (Å²) in [5, 5.41) is 20.4. The van der Waals surface area contributed by atoms with E-state index in [0.717, 1.165) is 12.8 Å². The van der Waals surface area contributed by atoms with E-state index in [-0.39, 0.29) is 25.1 Å². The summed E-state index contributed by atoms with van der Waals surface area (Å²) < 4.78 is 45.7. The fraction of sp³-hybridized carbons (Fsp3) is 0.296. The normalized spacial score (nSPS) is 13.5. The van der Waals surface area contributed by atoms with Crippen molar-refractivity contribution in [3.05, 3.63) is 65.9 Å². The van der Waals surface area contributed by atoms with Crippen molar-refractivity contribution in [2.45, 2.75) is 38.1 Å². The van der Waals surface area contributed by atoms with Crippen molar-refractivity contribution < 1.29 is 27.8 Å². The zero-order valence-electron chi connectivity index (χ0n) is 20.5. The number of anilines is 1. The van der Waals surface area contributed by atoms with Gasteiger partial charge in [0.2, 0.25) is 0 Å². The van der Waals surface area contributed by atoms with Crippen LogP contribution in [0.25, 0.3) is 28.2 Å². The van der Waals surface area contributed by atoms with Gasteiger partial charge in [0.15, 0.2) is 5.65 Å². The molecule has 2 aromatic carbocycles. The summed E-state index contributed by atoms with van der Waals surface area (Å²) in [6.45, 7) is -0.581. The number of alkyl halides is 3. The summed E-state index contributed by atoms with van der Waals surface area (Å²) in [6.07, 6.45) is -1.84. The first-order valence-electron chi connectivity index (χ1n) is 12.1. The molecular formula is C27H26F3N5O3. The standard InChI is InChI=1S/C27H26F3N5O3/c1-38-24-12-16(26(37)33-18-7-8-18)6-9-20(24)23-14-32-25-22(31-11-10-27(28,29)30)13-21(34-35(23)25)19-5-3-2-4-17(19)15-36/h2-6,9,12-14,18,31,36H,7-8,10-11,15H2,1H3,(H,33,37). The maximum atomic E-state index is 12.8. The maximum Gasteiger partial charge on any atom is 0.390 e. The highest BCUT2D eigenvalue weighted by Crippen LogP contribution is 2.34. The van der Waals surface area contributed by atoms with Crippen LogP contribution in [0, 0.1) is 0 Å². The number of methoxy groups -OCH3 is 1. The molecule has 2 heterocycles. The highest BCUT2D eigenvalue weighted by atomic mass is 19.4. The summed E-state index contributed by atoms with van der Waals surface area (Å²) in [6, 6.07) is 14.0. The number of halogens is 3. The number of carbonyl (C=O) groups is 1. The van der Waals surface area contributed by atoms with Gasteiger partial charge in [0.1, 0.15) is 5.75 Å². The zero-order chi connectivity index (χ0) is 26.9. The van der Waals surface area contributed by atoms with E-state index < -0.39 is 12.6 Å². The maximum absolute atomic E-state index is 12.8. The molecule has 0 atom stereocenters. The number of fused-ring (bicyclic) bond motifs is 1. The van der Waals surface area contributed by atoms with E-state index >= 15 is 0 Å². The van der Waals surface area contributed by atoms with Crippen LogP contribution in [0.15, 0.2) is 54.7 Å². The van der Waals surface area contributed by atoms with Crippen LogP contribution in [0.3, 0.4) is 0 Å². The van der Waals surface area contributed by atoms with Crippen LogP contribution >= 0.6 is 0 Å². The summed E-state index contributed by atoms with van der Waals surface area (Å²) >= 11 is 0. The number of benzene rings is 2. The minimum Gasteiger partial charge on any atom is -0.496 e. The first-order chi connectivity index (χ1) is 18.3. The second kappa shape index (κ2) is 10.3. The predicted molar refractivity (Wildman–Crippen MR) is 136 cm³/mol. The number of amides is 1. The van der Waals surface area contributed by atoms with E-state index in [9.17, 15) is 23.1 Å². The van der Waals surface area contributed by atoms with E-state index in [1.807, 2.05) is 0 Å². The van der Waals surface area contributed by atoms with Gasteiger partial charge < -0.3 is 20.5 Å². The van der Waals surface area contributed by atoms with Gasteiger partial charge >= 0.3 is 6.18 Å². The summed E-state index contributed by atoms with van der Waals surface area (Å²) in [4.78, 5) is 17.0. The molecule has 1 saturated carbocycles. The monoisotopic (exact) mass is 525 g/mol. The number of aliphatic hydroxyl groups excluding tert-OH is 1. The molecule has 0 saturated heterocycles. The number of carbonyl (C=O) groups excluding carboxylic acids is 1. The largest absolute Gasteiger partial charge is 0.496 e. The third-order valence-electron chi connectivity index (χ3n) is 6.31. The molecule has 1 aliphatic carbocycles. The fourth-order valence-corrected chi connectivity index (χ4v) is 4.20. The number of nitrogens with one attached hydrogen (secondary N) is 2. The number of nitrogens with zero attached hydrogens (tertiary/aromatic N) is 3. The minimum absolute atomic E-state index is 0.187. The summed E-state index contributed by atoms with van der Waals surface area (Å²) in [5.74, 6) is 0.234. The molecule has 1 amide bonds. The van der Waals surface area contributed by atoms with Gasteiger partial charge in [0.25, 0.3) is 5.91 Å². The topological polar surface area (TPSA) is 101 Å². The number of imidazole rings is 1. The van der Waals surface area contributed by atoms with E-state index in [0.29, 0.717) is 50.7 Å². The lowest BCUT2D eigenvalue weighted by Gasteiger charge is -2.14. The van der Waals surface area contributed by atoms with Gasteiger partial charge in [0.05, 0.1) is 43.4 Å². The van der Waals surface area contributed by atoms with Crippen LogP contribution in [-0.2, 0) is 6.61 Å². The zero-order valence-corrected chi connectivity index (χ0v) is 20.5. The first-order valence-corrected chi connectivity index (χ1v) is 12.1. The lowest BCUT2D eigenvalue weighted by Crippen LogP contribution is -2.25. The van der Waals surface area contributed by atoms with Gasteiger partial charge in [-0.05, 0) is 42.7 Å². The van der Waals surface area contributed by atoms with Crippen LogP contribution in [-0.4, -0.2) is 51.5 Å². The molecular weight excluding hydrogens is 499 g/mol. The molecule has 0 radical (unpaired) electrons. The Morgan fingerprint density at radius 3 is 2.66 bits per heavy atom. The lowest BCUT2D eigenvalue weighted by molar-refractivity contribution is -0.131. The molecule has 3 N–H and O–H groups in total. The highest BCUT2D eigenvalue weighted by molar-refractivity contribution is 5.96. The Labute approximate surface area is 216 Å². The fourth-order valence-electron chi connectivity index (χ4n) is 4.20. The van der Waals surface area contributed by atoms with Gasteiger partial charge in [0, 0.05) is 29.3 Å². The van der Waals surface area contributed by atoms with Gasteiger partial charge in [-0.25, -0.2) is 9.50 Å². The van der Waals surface area contributed by atoms with Crippen molar-refractivity contribution in [2.75, 3.05) is 19.0 Å². The Balaban J connectivity index is 1.60. The number of aromatic nitrogens is 3. The number of aliphatic hydroxyl groups is 1. The Morgan fingerprint density at radius 1 is 1.16 bits per heavy atom. The third kappa shape index (κ3) is 5.42. The minimum atomic E-state index is -4.32. The van der Waals surface area contributed by atoms with Crippen LogP contribution < -0.4 is 15.4 Å². The summed E-state index contributed by atoms with van der Waals surface area (Å²) in [7, 11) is 1.49. The van der Waals surface area contributed by atoms with Crippen LogP contribution in [0.4, 0.5) is 18.9 Å². The number of ether oxygens (including phenoxy) is 1. The second-order valence-corrected chi connectivity index (χ2v) is 9.09. The van der Waals surface area contributed by atoms with Crippen molar-refractivity contribution in [1.29, 1.82) is 0 Å². The van der Waals surface area contributed by atoms with E-state index in [1.165, 1.54) is 11.6 Å². The van der Waals surface area contributed by atoms with E-state index in [1.54, 1.807) is 54.7 Å². The molecule has 0 spiro atoms. The van der Waals surface area contributed by atoms with Crippen molar-refractivity contribution in [1.82, 2.24) is 19.9 Å². The molecule has 4 aromatic rings. The van der Waals surface area contributed by atoms with Gasteiger partial charge in [-0.3, -0.25) is 4.79 Å². The molecule has 8 nitrogen and oxygen atoms in total. The van der Waals surface area contributed by atoms with Gasteiger partial charge in [-0.2, -0.15) is 18.3 Å². The smallest absolute Gasteiger partial charge is 0.390 e. The second-order valence-electron chi connectivity index (χ2n) is 9.09. The Kier molecular flexibility index (Phi) is 6.94. The van der Waals surface area contributed by atoms with Crippen molar-refractivity contribution in [3.8, 4) is 28.3 Å². The summed E-state index contributed by atoms with van der Waals surface area (Å²) in [5.41, 5.74) is 3.95. The molecule has 38 heavy (non-hydrogen) atoms. The average molecular weight is 526 g/mol. The Morgan fingerprint density at radius 2 is 1.95 bits per heavy atom. The van der Waals surface area contributed by atoms with Crippen LogP contribution in [0.5, 0.6) is 5.75 Å². The van der Waals surface area contributed by atoms with Crippen LogP contribution in [0.2, 0.25) is 0 Å². The molecule has 1 fully saturated rings. The molecule has 2 aromatic heterocycles. The highest BCUT2D eigenvalue weighted by Gasteiger charge is 2.27. The van der Waals surface area contributed by atoms with Crippen molar-refractivity contribution in [2.24, 2.45) is 0 Å². The van der Waals surface area contributed by atoms with Crippen molar-refractivity contribution in [3.63, 3.8) is 0 Å². The Bertz CT molecular complexity index is 1480. The third-order valence-corrected chi connectivity index (χ3v) is 6.31. The number of rotatable bonds is 9. The number of hydrogen-bond acceptors (Lipinski definition) is 6. The lowest BCUT2D eigenvalue weighted by atomic mass is 10.0. The van der Waals surface area contributed by atoms with Crippen LogP contribution in [0.1, 0.15) is 35.2 Å². The average Bonchev–Trinajstić information content (AvgIpc) is 3.62. The van der Waals surface area contributed by atoms with E-state index in [2.05, 4.69) is 15.6 Å². The predicted octanol–water partition coefficient (Wildman–Crippen LogP) is 4.82. The van der Waals surface area contributed by atoms with Gasteiger partial charge in [-0.15, -0.1) is 0 Å². The van der Waals surface area contributed by atoms with Crippen molar-refractivity contribution >= 4 is 17.2 Å². The molecule has 11 heteroatoms. The Hall–Kier alpha value is -4.12. The SMILES string of the molecule is COc1cc(C(=O)NC2CC2)ccc1-c1cnc2c(NCCC(F)(F)F)cc(-c3ccccc3CO)nn12. The van der Waals surface area contributed by atoms with Gasteiger partial charge in [-0.1, -0.05) is 24.3 Å². The molecule has 0 bridgehead atoms. The molecule has 1 aliphatic rings. The molecule has 5 rings (SSSR count). The molecule has 0 unspecified atom stereocenters. The first kappa shape index (κ1) is 25.5. The number of hydrogen-bond donors (Lipinski definition) is 3. The molecule has 0 aliphatic heterocycles.